The van der Waals surface area contributed by atoms with E-state index in [0.717, 1.165) is 55.5 Å². The maximum Gasteiger partial charge on any atom is 0.145 e. The zero-order chi connectivity index (χ0) is 37.0. The number of hydrogen-bond acceptors (Lipinski definition) is 2. The van der Waals surface area contributed by atoms with Gasteiger partial charge in [-0.05, 0) is 91.1 Å². The Morgan fingerprint density at radius 3 is 1.39 bits per heavy atom. The monoisotopic (exact) mass is 713 g/mol. The molecule has 0 amide bonds. The predicted octanol–water partition coefficient (Wildman–Crippen LogP) is 15.5. The molecule has 262 valence electrons. The molecule has 0 aliphatic rings. The number of hydrogen-bond donors (Lipinski definition) is 0. The molecule has 0 saturated carbocycles. The van der Waals surface area contributed by atoms with E-state index in [1.54, 1.807) is 0 Å². The first-order valence-electron chi connectivity index (χ1n) is 19.2. The molecule has 11 aromatic rings. The summed E-state index contributed by atoms with van der Waals surface area (Å²) in [5, 5.41) is 9.30. The summed E-state index contributed by atoms with van der Waals surface area (Å²) < 4.78 is 7.30. The first-order chi connectivity index (χ1) is 27.8. The van der Waals surface area contributed by atoms with Crippen molar-refractivity contribution in [1.82, 2.24) is 0 Å². The van der Waals surface area contributed by atoms with E-state index in [1.165, 1.54) is 49.2 Å². The van der Waals surface area contributed by atoms with Crippen LogP contribution in [0.2, 0.25) is 0 Å². The molecular formula is C54H35NO. The van der Waals surface area contributed by atoms with Crippen LogP contribution in [-0.2, 0) is 0 Å². The van der Waals surface area contributed by atoms with Gasteiger partial charge in [-0.2, -0.15) is 0 Å². The van der Waals surface area contributed by atoms with Crippen LogP contribution in [-0.4, -0.2) is 0 Å². The van der Waals surface area contributed by atoms with Crippen LogP contribution in [0.4, 0.5) is 17.1 Å². The van der Waals surface area contributed by atoms with Crippen molar-refractivity contribution >= 4 is 71.3 Å². The van der Waals surface area contributed by atoms with Crippen LogP contribution < -0.4 is 4.90 Å². The molecule has 0 radical (unpaired) electrons. The second-order valence-electron chi connectivity index (χ2n) is 14.4. The van der Waals surface area contributed by atoms with Crippen LogP contribution in [0.3, 0.4) is 0 Å². The molecule has 0 atom stereocenters. The Hall–Kier alpha value is -7.42. The first-order valence-corrected chi connectivity index (χ1v) is 19.2. The Balaban J connectivity index is 1.24. The molecular weight excluding hydrogens is 679 g/mol. The van der Waals surface area contributed by atoms with Gasteiger partial charge in [0.15, 0.2) is 0 Å². The molecule has 0 unspecified atom stereocenters. The minimum atomic E-state index is 0.877. The molecule has 11 rings (SSSR count). The minimum Gasteiger partial charge on any atom is -0.455 e. The smallest absolute Gasteiger partial charge is 0.145 e. The average molecular weight is 714 g/mol. The van der Waals surface area contributed by atoms with Gasteiger partial charge >= 0.3 is 0 Å². The van der Waals surface area contributed by atoms with Crippen molar-refractivity contribution in [3.05, 3.63) is 212 Å². The van der Waals surface area contributed by atoms with Crippen molar-refractivity contribution in [1.29, 1.82) is 0 Å². The lowest BCUT2D eigenvalue weighted by Crippen LogP contribution is -2.10. The number of anilines is 3. The number of benzene rings is 10. The van der Waals surface area contributed by atoms with E-state index in [9.17, 15) is 0 Å². The third-order valence-electron chi connectivity index (χ3n) is 11.3. The van der Waals surface area contributed by atoms with Crippen molar-refractivity contribution < 1.29 is 4.42 Å². The predicted molar refractivity (Wildman–Crippen MR) is 237 cm³/mol. The van der Waals surface area contributed by atoms with Crippen LogP contribution >= 0.6 is 0 Å². The zero-order valence-corrected chi connectivity index (χ0v) is 30.6. The van der Waals surface area contributed by atoms with Gasteiger partial charge in [-0.3, -0.25) is 0 Å². The van der Waals surface area contributed by atoms with E-state index in [2.05, 4.69) is 217 Å². The molecule has 10 aromatic carbocycles. The van der Waals surface area contributed by atoms with Crippen LogP contribution in [0.15, 0.2) is 217 Å². The number of furan rings is 1. The average Bonchev–Trinajstić information content (AvgIpc) is 3.69. The van der Waals surface area contributed by atoms with E-state index in [1.807, 2.05) is 0 Å². The SMILES string of the molecule is c1ccc(-c2ccc(N(c3ccc(-c4ccccc4)cc3)c3ccc(-c4cccc5ccccc45)c4oc5c6ccccc6c6ccccc6c5c34)cc2)cc1. The van der Waals surface area contributed by atoms with Gasteiger partial charge in [0.25, 0.3) is 0 Å². The summed E-state index contributed by atoms with van der Waals surface area (Å²) in [7, 11) is 0. The molecule has 0 aliphatic heterocycles. The highest BCUT2D eigenvalue weighted by Crippen LogP contribution is 2.50. The van der Waals surface area contributed by atoms with Gasteiger partial charge in [0, 0.05) is 27.7 Å². The molecule has 0 saturated heterocycles. The molecule has 0 fully saturated rings. The molecule has 1 heterocycles. The molecule has 0 bridgehead atoms. The van der Waals surface area contributed by atoms with Crippen LogP contribution in [0.5, 0.6) is 0 Å². The quantitative estimate of drug-likeness (QED) is 0.160. The normalized spacial score (nSPS) is 11.6. The highest BCUT2D eigenvalue weighted by atomic mass is 16.3. The summed E-state index contributed by atoms with van der Waals surface area (Å²) in [6.07, 6.45) is 0. The van der Waals surface area contributed by atoms with Crippen molar-refractivity contribution in [3.63, 3.8) is 0 Å². The van der Waals surface area contributed by atoms with E-state index in [-0.39, 0.29) is 0 Å². The van der Waals surface area contributed by atoms with Gasteiger partial charge < -0.3 is 9.32 Å². The van der Waals surface area contributed by atoms with Gasteiger partial charge in [0.2, 0.25) is 0 Å². The summed E-state index contributed by atoms with van der Waals surface area (Å²) in [4.78, 5) is 2.40. The number of fused-ring (bicyclic) bond motifs is 9. The first kappa shape index (κ1) is 32.0. The standard InChI is InChI=1S/C54H35NO/c1-3-14-36(15-4-1)38-26-30-41(31-27-38)55(42-32-28-39(29-33-42)37-16-5-2-6-17-37)50-35-34-49(44-25-13-19-40-18-7-8-20-43(40)44)54-52(50)51-47-23-11-9-21-45(47)46-22-10-12-24-48(46)53(51)56-54/h1-35H. The van der Waals surface area contributed by atoms with Crippen molar-refractivity contribution in [2.45, 2.75) is 0 Å². The largest absolute Gasteiger partial charge is 0.455 e. The molecule has 0 spiro atoms. The van der Waals surface area contributed by atoms with Crippen LogP contribution in [0.1, 0.15) is 0 Å². The number of rotatable bonds is 6. The summed E-state index contributed by atoms with van der Waals surface area (Å²) in [6, 6.07) is 76.2. The molecule has 0 N–H and O–H groups in total. The lowest BCUT2D eigenvalue weighted by molar-refractivity contribution is 0.674. The van der Waals surface area contributed by atoms with E-state index < -0.39 is 0 Å². The Labute approximate surface area is 325 Å². The lowest BCUT2D eigenvalue weighted by Gasteiger charge is -2.27. The Kier molecular flexibility index (Phi) is 7.53. The summed E-state index contributed by atoms with van der Waals surface area (Å²) >= 11 is 0. The van der Waals surface area contributed by atoms with E-state index in [4.69, 9.17) is 4.42 Å². The molecule has 1 aromatic heterocycles. The zero-order valence-electron chi connectivity index (χ0n) is 30.6. The maximum atomic E-state index is 7.30. The Bertz CT molecular complexity index is 3130. The van der Waals surface area contributed by atoms with Crippen LogP contribution in [0.25, 0.3) is 87.6 Å². The fourth-order valence-electron chi connectivity index (χ4n) is 8.64. The van der Waals surface area contributed by atoms with Crippen molar-refractivity contribution in [3.8, 4) is 33.4 Å². The molecule has 56 heavy (non-hydrogen) atoms. The fraction of sp³-hybridized carbons (Fsp3) is 0. The second kappa shape index (κ2) is 13.2. The maximum absolute atomic E-state index is 7.30. The van der Waals surface area contributed by atoms with Gasteiger partial charge in [-0.15, -0.1) is 0 Å². The van der Waals surface area contributed by atoms with Gasteiger partial charge in [-0.25, -0.2) is 0 Å². The summed E-state index contributed by atoms with van der Waals surface area (Å²) in [6.45, 7) is 0. The third kappa shape index (κ3) is 5.19. The van der Waals surface area contributed by atoms with Crippen LogP contribution in [0, 0.1) is 0 Å². The second-order valence-corrected chi connectivity index (χ2v) is 14.4. The van der Waals surface area contributed by atoms with E-state index in [0.29, 0.717) is 0 Å². The summed E-state index contributed by atoms with van der Waals surface area (Å²) in [5.41, 5.74) is 11.9. The lowest BCUT2D eigenvalue weighted by atomic mass is 9.93. The fourth-order valence-corrected chi connectivity index (χ4v) is 8.64. The molecule has 2 nitrogen and oxygen atoms in total. The number of nitrogens with zero attached hydrogens (tertiary/aromatic N) is 1. The van der Waals surface area contributed by atoms with E-state index >= 15 is 0 Å². The Morgan fingerprint density at radius 1 is 0.286 bits per heavy atom. The van der Waals surface area contributed by atoms with Crippen molar-refractivity contribution in [2.75, 3.05) is 4.90 Å². The molecule has 2 heteroatoms. The van der Waals surface area contributed by atoms with Crippen molar-refractivity contribution in [2.24, 2.45) is 0 Å². The van der Waals surface area contributed by atoms with Gasteiger partial charge in [-0.1, -0.05) is 176 Å². The van der Waals surface area contributed by atoms with Gasteiger partial charge in [0.05, 0.1) is 11.1 Å². The summed E-state index contributed by atoms with van der Waals surface area (Å²) in [5.74, 6) is 0. The minimum absolute atomic E-state index is 0.877. The molecule has 0 aliphatic carbocycles. The van der Waals surface area contributed by atoms with Gasteiger partial charge in [0.1, 0.15) is 11.2 Å². The third-order valence-corrected chi connectivity index (χ3v) is 11.3. The highest BCUT2D eigenvalue weighted by Gasteiger charge is 2.25. The Morgan fingerprint density at radius 2 is 0.768 bits per heavy atom. The topological polar surface area (TPSA) is 16.4 Å². The highest BCUT2D eigenvalue weighted by molar-refractivity contribution is 6.33.